The fraction of sp³-hybridized carbons (Fsp3) is 0.318. The van der Waals surface area contributed by atoms with Gasteiger partial charge in [0.15, 0.2) is 5.69 Å². The van der Waals surface area contributed by atoms with Crippen LogP contribution >= 0.6 is 0 Å². The molecule has 0 atom stereocenters. The normalized spacial score (nSPS) is 10.9. The highest BCUT2D eigenvalue weighted by atomic mass is 16.5. The minimum atomic E-state index is -0.707. The molecule has 9 heteroatoms. The van der Waals surface area contributed by atoms with Crippen LogP contribution in [0.15, 0.2) is 58.4 Å². The number of ether oxygens (including phenoxy) is 1. The quantitative estimate of drug-likeness (QED) is 0.544. The summed E-state index contributed by atoms with van der Waals surface area (Å²) < 4.78 is 8.31. The van der Waals surface area contributed by atoms with E-state index in [4.69, 9.17) is 10.5 Å². The Morgan fingerprint density at radius 3 is 2.61 bits per heavy atom. The minimum Gasteiger partial charge on any atom is -0.383 e. The molecule has 0 spiro atoms. The molecule has 0 aliphatic rings. The van der Waals surface area contributed by atoms with Crippen molar-refractivity contribution in [1.82, 2.24) is 14.1 Å². The van der Waals surface area contributed by atoms with Crippen molar-refractivity contribution in [1.29, 1.82) is 0 Å². The van der Waals surface area contributed by atoms with Crippen molar-refractivity contribution in [3.63, 3.8) is 0 Å². The van der Waals surface area contributed by atoms with E-state index >= 15 is 0 Å². The Labute approximate surface area is 179 Å². The largest absolute Gasteiger partial charge is 0.383 e. The van der Waals surface area contributed by atoms with Crippen LogP contribution in [0.3, 0.4) is 0 Å². The van der Waals surface area contributed by atoms with E-state index in [2.05, 4.69) is 4.98 Å². The summed E-state index contributed by atoms with van der Waals surface area (Å²) in [7, 11) is 1.51. The van der Waals surface area contributed by atoms with E-state index in [1.165, 1.54) is 16.6 Å². The number of aromatic amines is 1. The van der Waals surface area contributed by atoms with Crippen LogP contribution in [0.25, 0.3) is 5.69 Å². The number of aromatic nitrogens is 3. The number of anilines is 2. The van der Waals surface area contributed by atoms with Crippen LogP contribution in [0.5, 0.6) is 0 Å². The fourth-order valence-electron chi connectivity index (χ4n) is 3.34. The summed E-state index contributed by atoms with van der Waals surface area (Å²) in [6.07, 6.45) is 5.30. The number of nitrogens with two attached hydrogens (primary N) is 1. The highest BCUT2D eigenvalue weighted by Gasteiger charge is 2.25. The molecule has 0 radical (unpaired) electrons. The van der Waals surface area contributed by atoms with E-state index in [0.29, 0.717) is 18.5 Å². The van der Waals surface area contributed by atoms with Gasteiger partial charge in [-0.3, -0.25) is 24.0 Å². The first-order valence-electron chi connectivity index (χ1n) is 10.1. The number of benzene rings is 1. The molecule has 9 nitrogen and oxygen atoms in total. The van der Waals surface area contributed by atoms with Crippen molar-refractivity contribution < 1.29 is 9.53 Å². The number of hydrogen-bond acceptors (Lipinski definition) is 5. The topological polar surface area (TPSA) is 115 Å². The van der Waals surface area contributed by atoms with Gasteiger partial charge in [0.2, 0.25) is 0 Å². The van der Waals surface area contributed by atoms with Gasteiger partial charge < -0.3 is 15.0 Å². The maximum atomic E-state index is 13.5. The lowest BCUT2D eigenvalue weighted by Crippen LogP contribution is -2.42. The van der Waals surface area contributed by atoms with Crippen molar-refractivity contribution in [3.05, 3.63) is 75.2 Å². The molecule has 2 aromatic heterocycles. The van der Waals surface area contributed by atoms with Crippen LogP contribution in [-0.4, -0.2) is 40.3 Å². The first-order valence-corrected chi connectivity index (χ1v) is 10.1. The highest BCUT2D eigenvalue weighted by Crippen LogP contribution is 2.21. The lowest BCUT2D eigenvalue weighted by atomic mass is 10.1. The summed E-state index contributed by atoms with van der Waals surface area (Å²) in [5.74, 6) is -0.447. The molecule has 0 saturated heterocycles. The lowest BCUT2D eigenvalue weighted by molar-refractivity contribution is 0.0975. The maximum Gasteiger partial charge on any atom is 0.330 e. The van der Waals surface area contributed by atoms with Gasteiger partial charge >= 0.3 is 5.69 Å². The van der Waals surface area contributed by atoms with Gasteiger partial charge in [-0.15, -0.1) is 0 Å². The predicted octanol–water partition coefficient (Wildman–Crippen LogP) is 2.00. The van der Waals surface area contributed by atoms with Gasteiger partial charge in [-0.2, -0.15) is 0 Å². The van der Waals surface area contributed by atoms with Crippen LogP contribution in [0, 0.1) is 0 Å². The molecular weight excluding hydrogens is 398 g/mol. The van der Waals surface area contributed by atoms with Gasteiger partial charge in [-0.1, -0.05) is 19.4 Å². The van der Waals surface area contributed by atoms with E-state index in [1.807, 2.05) is 42.1 Å². The van der Waals surface area contributed by atoms with Crippen LogP contribution in [0.1, 0.15) is 30.1 Å². The number of nitrogen functional groups attached to an aromatic ring is 1. The number of carbonyl (C=O) groups excluding carboxylic acids is 1. The van der Waals surface area contributed by atoms with Crippen molar-refractivity contribution in [2.75, 3.05) is 30.9 Å². The Balaban J connectivity index is 2.07. The van der Waals surface area contributed by atoms with Crippen LogP contribution in [0.2, 0.25) is 0 Å². The molecule has 0 bridgehead atoms. The maximum absolute atomic E-state index is 13.5. The number of carbonyl (C=O) groups is 1. The van der Waals surface area contributed by atoms with E-state index in [1.54, 1.807) is 18.2 Å². The van der Waals surface area contributed by atoms with Crippen molar-refractivity contribution in [2.24, 2.45) is 0 Å². The Kier molecular flexibility index (Phi) is 7.09. The van der Waals surface area contributed by atoms with Crippen molar-refractivity contribution in [3.8, 4) is 5.69 Å². The van der Waals surface area contributed by atoms with E-state index in [9.17, 15) is 14.4 Å². The Bertz CT molecular complexity index is 1150. The van der Waals surface area contributed by atoms with Crippen LogP contribution in [0.4, 0.5) is 11.5 Å². The van der Waals surface area contributed by atoms with Gasteiger partial charge in [0.25, 0.3) is 11.5 Å². The van der Waals surface area contributed by atoms with Crippen molar-refractivity contribution >= 4 is 17.4 Å². The smallest absolute Gasteiger partial charge is 0.330 e. The first-order chi connectivity index (χ1) is 15.0. The molecule has 1 amide bonds. The van der Waals surface area contributed by atoms with E-state index in [0.717, 1.165) is 12.1 Å². The molecule has 0 aliphatic heterocycles. The SMILES string of the molecule is CCCCn1c(N)c(N(CCOC)C(=O)c2cccc(-n3cccc3)c2)c(=O)[nH]c1=O. The standard InChI is InChI=1S/C22H27N5O4/c1-3-4-12-27-19(23)18(20(28)24-22(27)30)26(13-14-31-2)21(29)16-8-7-9-17(15-16)25-10-5-6-11-25/h5-11,15H,3-4,12-14,23H2,1-2H3,(H,24,28,30). The molecule has 3 aromatic rings. The zero-order valence-corrected chi connectivity index (χ0v) is 17.7. The Morgan fingerprint density at radius 1 is 1.19 bits per heavy atom. The van der Waals surface area contributed by atoms with Gasteiger partial charge in [-0.05, 0) is 36.8 Å². The molecule has 31 heavy (non-hydrogen) atoms. The first kappa shape index (κ1) is 22.1. The summed E-state index contributed by atoms with van der Waals surface area (Å²) in [4.78, 5) is 42.0. The zero-order valence-electron chi connectivity index (χ0n) is 17.7. The minimum absolute atomic E-state index is 0.0341. The summed E-state index contributed by atoms with van der Waals surface area (Å²) in [6, 6.07) is 10.8. The second-order valence-corrected chi connectivity index (χ2v) is 7.09. The summed E-state index contributed by atoms with van der Waals surface area (Å²) in [5, 5.41) is 0. The number of amides is 1. The van der Waals surface area contributed by atoms with E-state index < -0.39 is 17.2 Å². The molecule has 3 N–H and O–H groups in total. The van der Waals surface area contributed by atoms with E-state index in [-0.39, 0.29) is 24.7 Å². The Morgan fingerprint density at radius 2 is 1.94 bits per heavy atom. The average Bonchev–Trinajstić information content (AvgIpc) is 3.30. The molecule has 3 rings (SSSR count). The third kappa shape index (κ3) is 4.77. The third-order valence-electron chi connectivity index (χ3n) is 4.98. The monoisotopic (exact) mass is 425 g/mol. The number of H-pyrrole nitrogens is 1. The highest BCUT2D eigenvalue weighted by molar-refractivity contribution is 6.07. The van der Waals surface area contributed by atoms with Crippen LogP contribution in [-0.2, 0) is 11.3 Å². The molecule has 2 heterocycles. The molecule has 0 saturated carbocycles. The Hall–Kier alpha value is -3.59. The van der Waals surface area contributed by atoms with Gasteiger partial charge in [0.1, 0.15) is 5.82 Å². The molecule has 0 fully saturated rings. The molecule has 0 aliphatic carbocycles. The lowest BCUT2D eigenvalue weighted by Gasteiger charge is -2.24. The second-order valence-electron chi connectivity index (χ2n) is 7.09. The van der Waals surface area contributed by atoms with Gasteiger partial charge in [0.05, 0.1) is 6.61 Å². The summed E-state index contributed by atoms with van der Waals surface area (Å²) >= 11 is 0. The molecule has 0 unspecified atom stereocenters. The van der Waals surface area contributed by atoms with Crippen LogP contribution < -0.4 is 21.9 Å². The number of hydrogen-bond donors (Lipinski definition) is 2. The zero-order chi connectivity index (χ0) is 22.4. The molecule has 164 valence electrons. The fourth-order valence-corrected chi connectivity index (χ4v) is 3.34. The van der Waals surface area contributed by atoms with Gasteiger partial charge in [0, 0.05) is 43.8 Å². The average molecular weight is 425 g/mol. The number of rotatable bonds is 9. The number of nitrogens with one attached hydrogen (secondary N) is 1. The number of methoxy groups -OCH3 is 1. The number of nitrogens with zero attached hydrogens (tertiary/aromatic N) is 3. The van der Waals surface area contributed by atoms with Gasteiger partial charge in [-0.25, -0.2) is 4.79 Å². The summed E-state index contributed by atoms with van der Waals surface area (Å²) in [5.41, 5.74) is 6.06. The summed E-state index contributed by atoms with van der Waals surface area (Å²) in [6.45, 7) is 2.62. The van der Waals surface area contributed by atoms with Crippen molar-refractivity contribution in [2.45, 2.75) is 26.3 Å². The second kappa shape index (κ2) is 9.94. The molecular formula is C22H27N5O4. The number of unbranched alkanes of at least 4 members (excludes halogenated alkanes) is 1. The molecule has 1 aromatic carbocycles. The predicted molar refractivity (Wildman–Crippen MR) is 120 cm³/mol. The third-order valence-corrected chi connectivity index (χ3v) is 4.98.